The van der Waals surface area contributed by atoms with Gasteiger partial charge in [-0.2, -0.15) is 0 Å². The minimum Gasteiger partial charge on any atom is -0.488 e. The number of halogens is 1. The number of carboxylic acid groups (broad SMARTS) is 1. The van der Waals surface area contributed by atoms with Gasteiger partial charge in [-0.25, -0.2) is 9.78 Å². The van der Waals surface area contributed by atoms with Gasteiger partial charge in [0.2, 0.25) is 6.79 Å². The Kier molecular flexibility index (Phi) is 8.87. The molecule has 0 saturated carbocycles. The number of benzene rings is 3. The fraction of sp³-hybridized carbons (Fsp3) is 0.364. The van der Waals surface area contributed by atoms with Gasteiger partial charge in [0, 0.05) is 5.56 Å². The van der Waals surface area contributed by atoms with Crippen molar-refractivity contribution in [2.24, 2.45) is 0 Å². The number of aryl methyl sites for hydroxylation is 3. The maximum absolute atomic E-state index is 12.3. The number of aromatic nitrogens is 2. The zero-order valence-corrected chi connectivity index (χ0v) is 25.7. The molecule has 2 heterocycles. The molecule has 9 heteroatoms. The fourth-order valence-electron chi connectivity index (χ4n) is 5.62. The summed E-state index contributed by atoms with van der Waals surface area (Å²) in [5.74, 6) is 0.447. The van der Waals surface area contributed by atoms with Crippen LogP contribution in [0.5, 0.6) is 17.2 Å². The number of fused-ring (bicyclic) bond motifs is 2. The summed E-state index contributed by atoms with van der Waals surface area (Å²) in [4.78, 5) is 31.6. The molecule has 1 unspecified atom stereocenters. The van der Waals surface area contributed by atoms with Crippen molar-refractivity contribution in [1.82, 2.24) is 9.97 Å². The lowest BCUT2D eigenvalue weighted by atomic mass is 9.90. The van der Waals surface area contributed by atoms with Gasteiger partial charge < -0.3 is 24.3 Å². The van der Waals surface area contributed by atoms with Crippen LogP contribution < -0.4 is 19.8 Å². The molecular weight excluding hydrogens is 600 g/mol. The van der Waals surface area contributed by atoms with Gasteiger partial charge in [0.25, 0.3) is 5.56 Å². The van der Waals surface area contributed by atoms with Gasteiger partial charge in [-0.15, -0.1) is 0 Å². The average Bonchev–Trinajstić information content (AvgIpc) is 3.44. The summed E-state index contributed by atoms with van der Waals surface area (Å²) in [6, 6.07) is 13.6. The summed E-state index contributed by atoms with van der Waals surface area (Å²) in [6.07, 6.45) is 6.62. The van der Waals surface area contributed by atoms with Crippen molar-refractivity contribution in [1.29, 1.82) is 0 Å². The minimum absolute atomic E-state index is 0.00538. The Balaban J connectivity index is 1.42. The van der Waals surface area contributed by atoms with Gasteiger partial charge in [-0.3, -0.25) is 4.79 Å². The number of nitrogens with zero attached hydrogens (tertiary/aromatic N) is 1. The number of hydrogen-bond acceptors (Lipinski definition) is 6. The summed E-state index contributed by atoms with van der Waals surface area (Å²) in [7, 11) is 0. The highest BCUT2D eigenvalue weighted by Crippen LogP contribution is 2.40. The average molecular weight is 636 g/mol. The van der Waals surface area contributed by atoms with E-state index < -0.39 is 10.3 Å². The van der Waals surface area contributed by atoms with Crippen LogP contribution in [0, 0.1) is 0 Å². The number of carbonyl (C=O) groups is 1. The van der Waals surface area contributed by atoms with Crippen molar-refractivity contribution in [2.45, 2.75) is 70.2 Å². The Labute approximate surface area is 253 Å². The van der Waals surface area contributed by atoms with Crippen molar-refractivity contribution in [3.8, 4) is 17.2 Å². The van der Waals surface area contributed by atoms with Crippen molar-refractivity contribution in [2.75, 3.05) is 6.79 Å². The normalized spacial score (nSPS) is 13.7. The largest absolute Gasteiger partial charge is 0.488 e. The van der Waals surface area contributed by atoms with Crippen molar-refractivity contribution >= 4 is 32.8 Å². The zero-order valence-electron chi connectivity index (χ0n) is 24.1. The lowest BCUT2D eigenvalue weighted by molar-refractivity contribution is 0.0689. The second-order valence-corrected chi connectivity index (χ2v) is 12.6. The number of hydrogen-bond donors (Lipinski definition) is 2. The van der Waals surface area contributed by atoms with Crippen molar-refractivity contribution in [3.05, 3.63) is 92.5 Å². The fourth-order valence-corrected chi connectivity index (χ4v) is 6.14. The number of para-hydroxylation sites is 1. The number of carboxylic acids is 1. The monoisotopic (exact) mass is 634 g/mol. The molecule has 0 aliphatic carbocycles. The van der Waals surface area contributed by atoms with E-state index >= 15 is 0 Å². The second kappa shape index (κ2) is 12.6. The van der Waals surface area contributed by atoms with E-state index in [0.717, 1.165) is 61.0 Å². The maximum Gasteiger partial charge on any atom is 0.340 e. The van der Waals surface area contributed by atoms with E-state index in [0.29, 0.717) is 22.2 Å². The van der Waals surface area contributed by atoms with E-state index in [-0.39, 0.29) is 30.3 Å². The lowest BCUT2D eigenvalue weighted by Gasteiger charge is -2.25. The third-order valence-electron chi connectivity index (χ3n) is 7.67. The molecule has 1 aromatic heterocycles. The summed E-state index contributed by atoms with van der Waals surface area (Å²) >= 11 is 3.95. The first-order chi connectivity index (χ1) is 20.2. The molecule has 0 radical (unpaired) electrons. The Morgan fingerprint density at radius 1 is 1.07 bits per heavy atom. The smallest absolute Gasteiger partial charge is 0.340 e. The number of nitrogens with one attached hydrogen (secondary N) is 1. The maximum atomic E-state index is 12.3. The molecule has 1 atom stereocenters. The molecule has 0 fully saturated rings. The summed E-state index contributed by atoms with van der Waals surface area (Å²) in [5, 5.41) is 10.5. The van der Waals surface area contributed by atoms with E-state index in [4.69, 9.17) is 14.2 Å². The number of aromatic carboxylic acids is 1. The van der Waals surface area contributed by atoms with Crippen LogP contribution in [0.25, 0.3) is 10.9 Å². The molecule has 2 N–H and O–H groups in total. The third-order valence-corrected chi connectivity index (χ3v) is 8.49. The molecule has 3 aromatic carbocycles. The van der Waals surface area contributed by atoms with Gasteiger partial charge in [-0.1, -0.05) is 73.0 Å². The highest BCUT2D eigenvalue weighted by molar-refractivity contribution is 9.09. The van der Waals surface area contributed by atoms with Gasteiger partial charge in [0.15, 0.2) is 11.5 Å². The number of ether oxygens (including phenoxy) is 3. The van der Waals surface area contributed by atoms with Crippen LogP contribution in [-0.2, 0) is 30.2 Å². The van der Waals surface area contributed by atoms with Crippen LogP contribution in [0.15, 0.2) is 53.6 Å². The van der Waals surface area contributed by atoms with E-state index in [9.17, 15) is 14.7 Å². The Morgan fingerprint density at radius 2 is 1.81 bits per heavy atom. The molecule has 42 heavy (non-hydrogen) atoms. The molecule has 0 bridgehead atoms. The van der Waals surface area contributed by atoms with Gasteiger partial charge >= 0.3 is 5.97 Å². The minimum atomic E-state index is -1.07. The molecule has 0 amide bonds. The predicted molar refractivity (Wildman–Crippen MR) is 165 cm³/mol. The highest BCUT2D eigenvalue weighted by Gasteiger charge is 2.28. The number of rotatable bonds is 12. The zero-order chi connectivity index (χ0) is 29.9. The summed E-state index contributed by atoms with van der Waals surface area (Å²) in [5.41, 5.74) is 5.59. The van der Waals surface area contributed by atoms with Crippen LogP contribution in [0.3, 0.4) is 0 Å². The van der Waals surface area contributed by atoms with Gasteiger partial charge in [-0.05, 0) is 67.0 Å². The van der Waals surface area contributed by atoms with E-state index in [2.05, 4.69) is 58.8 Å². The molecular formula is C33H35BrN2O6. The number of H-pyrrole nitrogens is 1. The van der Waals surface area contributed by atoms with Gasteiger partial charge in [0.1, 0.15) is 17.9 Å². The number of alkyl halides is 1. The topological polar surface area (TPSA) is 111 Å². The summed E-state index contributed by atoms with van der Waals surface area (Å²) < 4.78 is 16.9. The van der Waals surface area contributed by atoms with Gasteiger partial charge in [0.05, 0.1) is 21.6 Å². The standard InChI is InChI=1S/C33H35BrN2O6/c1-4-7-21-15-20(13-14-33(3,34)25-10-6-9-24-28(25)35-18-36-31(24)37)16-22(8-5-2)29(21)40-17-23-11-12-26-30(42-19-41-26)27(23)32(38)39/h6,9-12,15-16,18H,4-5,7-8,13-14,17,19H2,1-3H3,(H,38,39)(H,35,36,37). The first-order valence-electron chi connectivity index (χ1n) is 14.3. The molecule has 5 rings (SSSR count). The number of aromatic amines is 1. The molecule has 0 saturated heterocycles. The molecule has 8 nitrogen and oxygen atoms in total. The Morgan fingerprint density at radius 3 is 2.50 bits per heavy atom. The Hall–Kier alpha value is -3.85. The predicted octanol–water partition coefficient (Wildman–Crippen LogP) is 7.08. The van der Waals surface area contributed by atoms with Crippen LogP contribution in [0.1, 0.15) is 78.2 Å². The van der Waals surface area contributed by atoms with Crippen LogP contribution >= 0.6 is 15.9 Å². The lowest BCUT2D eigenvalue weighted by Crippen LogP contribution is -2.17. The van der Waals surface area contributed by atoms with E-state index in [1.807, 2.05) is 12.1 Å². The molecule has 220 valence electrons. The quantitative estimate of drug-likeness (QED) is 0.160. The van der Waals surface area contributed by atoms with E-state index in [1.54, 1.807) is 18.2 Å². The van der Waals surface area contributed by atoms with E-state index in [1.165, 1.54) is 11.9 Å². The van der Waals surface area contributed by atoms with Crippen LogP contribution in [-0.4, -0.2) is 27.8 Å². The summed E-state index contributed by atoms with van der Waals surface area (Å²) in [6.45, 7) is 6.51. The molecule has 0 spiro atoms. The van der Waals surface area contributed by atoms with Crippen molar-refractivity contribution in [3.63, 3.8) is 0 Å². The first-order valence-corrected chi connectivity index (χ1v) is 15.1. The first kappa shape index (κ1) is 29.6. The molecule has 4 aromatic rings. The molecule has 1 aliphatic heterocycles. The van der Waals surface area contributed by atoms with Crippen LogP contribution in [0.2, 0.25) is 0 Å². The van der Waals surface area contributed by atoms with Crippen molar-refractivity contribution < 1.29 is 24.1 Å². The Bertz CT molecular complexity index is 1650. The molecule has 1 aliphatic rings. The third kappa shape index (κ3) is 6.02. The highest BCUT2D eigenvalue weighted by atomic mass is 79.9. The second-order valence-electron chi connectivity index (χ2n) is 10.8. The van der Waals surface area contributed by atoms with Crippen LogP contribution in [0.4, 0.5) is 0 Å². The SMILES string of the molecule is CCCc1cc(CCC(C)(Br)c2cccc3c(=O)[nH]cnc23)cc(CCC)c1OCc1ccc2c(c1C(=O)O)OCO2.